The normalized spacial score (nSPS) is 15.3. The SMILES string of the molecule is COCCN1C(=O)/C(=C\c2ccc(OC(=O)c3oc4ccccc4c3C)cc2)SC1=S. The zero-order chi connectivity index (χ0) is 22.0. The van der Waals surface area contributed by atoms with E-state index in [0.717, 1.165) is 16.5 Å². The molecule has 0 saturated carbocycles. The third-order valence-corrected chi connectivity index (χ3v) is 6.19. The summed E-state index contributed by atoms with van der Waals surface area (Å²) in [6.45, 7) is 2.67. The van der Waals surface area contributed by atoms with Gasteiger partial charge in [-0.05, 0) is 36.8 Å². The Labute approximate surface area is 188 Å². The highest BCUT2D eigenvalue weighted by Gasteiger charge is 2.31. The van der Waals surface area contributed by atoms with E-state index in [1.165, 1.54) is 16.7 Å². The van der Waals surface area contributed by atoms with E-state index in [9.17, 15) is 9.59 Å². The molecule has 1 aromatic heterocycles. The maximum atomic E-state index is 12.6. The van der Waals surface area contributed by atoms with Gasteiger partial charge in [0.2, 0.25) is 5.76 Å². The van der Waals surface area contributed by atoms with E-state index >= 15 is 0 Å². The predicted octanol–water partition coefficient (Wildman–Crippen LogP) is 4.81. The van der Waals surface area contributed by atoms with Crippen LogP contribution in [0.3, 0.4) is 0 Å². The number of hydrogen-bond donors (Lipinski definition) is 0. The van der Waals surface area contributed by atoms with Crippen LogP contribution in [0.15, 0.2) is 57.9 Å². The number of nitrogens with zero attached hydrogens (tertiary/aromatic N) is 1. The van der Waals surface area contributed by atoms with Crippen LogP contribution in [0.4, 0.5) is 0 Å². The molecule has 8 heteroatoms. The predicted molar refractivity (Wildman–Crippen MR) is 124 cm³/mol. The zero-order valence-corrected chi connectivity index (χ0v) is 18.5. The van der Waals surface area contributed by atoms with E-state index in [-0.39, 0.29) is 11.7 Å². The van der Waals surface area contributed by atoms with Crippen molar-refractivity contribution in [2.75, 3.05) is 20.3 Å². The number of para-hydroxylation sites is 1. The zero-order valence-electron chi connectivity index (χ0n) is 16.9. The van der Waals surface area contributed by atoms with Gasteiger partial charge in [0.05, 0.1) is 18.1 Å². The van der Waals surface area contributed by atoms with Gasteiger partial charge in [0.25, 0.3) is 5.91 Å². The number of hydrogen-bond acceptors (Lipinski definition) is 7. The van der Waals surface area contributed by atoms with Crippen molar-refractivity contribution in [3.8, 4) is 5.75 Å². The molecule has 158 valence electrons. The third-order valence-electron chi connectivity index (χ3n) is 4.81. The van der Waals surface area contributed by atoms with Crippen molar-refractivity contribution in [2.45, 2.75) is 6.92 Å². The average Bonchev–Trinajstić information content (AvgIpc) is 3.24. The van der Waals surface area contributed by atoms with Crippen LogP contribution < -0.4 is 4.74 Å². The quantitative estimate of drug-likeness (QED) is 0.230. The van der Waals surface area contributed by atoms with E-state index in [1.807, 2.05) is 31.2 Å². The summed E-state index contributed by atoms with van der Waals surface area (Å²) in [7, 11) is 1.58. The number of benzene rings is 2. The number of thioether (sulfide) groups is 1. The van der Waals surface area contributed by atoms with Gasteiger partial charge in [-0.2, -0.15) is 0 Å². The minimum absolute atomic E-state index is 0.136. The Morgan fingerprint density at radius 2 is 1.94 bits per heavy atom. The fraction of sp³-hybridized carbons (Fsp3) is 0.174. The number of fused-ring (bicyclic) bond motifs is 1. The molecule has 0 atom stereocenters. The van der Waals surface area contributed by atoms with Gasteiger partial charge in [-0.3, -0.25) is 9.69 Å². The molecule has 6 nitrogen and oxygen atoms in total. The average molecular weight is 454 g/mol. The first-order valence-electron chi connectivity index (χ1n) is 9.52. The summed E-state index contributed by atoms with van der Waals surface area (Å²) < 4.78 is 16.7. The Morgan fingerprint density at radius 1 is 1.19 bits per heavy atom. The summed E-state index contributed by atoms with van der Waals surface area (Å²) >= 11 is 6.54. The molecular weight excluding hydrogens is 434 g/mol. The summed E-state index contributed by atoms with van der Waals surface area (Å²) in [6.07, 6.45) is 1.76. The lowest BCUT2D eigenvalue weighted by molar-refractivity contribution is -0.122. The van der Waals surface area contributed by atoms with E-state index in [0.29, 0.717) is 33.7 Å². The Bertz CT molecular complexity index is 1200. The summed E-state index contributed by atoms with van der Waals surface area (Å²) in [6, 6.07) is 14.4. The molecule has 1 fully saturated rings. The highest BCUT2D eigenvalue weighted by atomic mass is 32.2. The Balaban J connectivity index is 1.46. The summed E-state index contributed by atoms with van der Waals surface area (Å²) in [5, 5.41) is 0.882. The van der Waals surface area contributed by atoms with Crippen molar-refractivity contribution >= 4 is 57.2 Å². The fourth-order valence-corrected chi connectivity index (χ4v) is 4.49. The van der Waals surface area contributed by atoms with Crippen LogP contribution in [0, 0.1) is 6.92 Å². The number of methoxy groups -OCH3 is 1. The number of esters is 1. The van der Waals surface area contributed by atoms with Gasteiger partial charge in [0.15, 0.2) is 0 Å². The van der Waals surface area contributed by atoms with Crippen LogP contribution in [0.25, 0.3) is 17.0 Å². The van der Waals surface area contributed by atoms with Gasteiger partial charge < -0.3 is 13.9 Å². The molecule has 3 aromatic rings. The van der Waals surface area contributed by atoms with Crippen LogP contribution in [-0.2, 0) is 9.53 Å². The smallest absolute Gasteiger partial charge is 0.379 e. The minimum Gasteiger partial charge on any atom is -0.449 e. The number of ether oxygens (including phenoxy) is 2. The Hall–Kier alpha value is -2.94. The van der Waals surface area contributed by atoms with Crippen LogP contribution in [0.5, 0.6) is 5.75 Å². The first kappa shape index (κ1) is 21.3. The Morgan fingerprint density at radius 3 is 2.65 bits per heavy atom. The lowest BCUT2D eigenvalue weighted by atomic mass is 10.1. The second-order valence-corrected chi connectivity index (χ2v) is 8.51. The number of carbonyl (C=O) groups is 2. The number of thiocarbonyl (C=S) groups is 1. The monoisotopic (exact) mass is 453 g/mol. The van der Waals surface area contributed by atoms with E-state index in [2.05, 4.69) is 0 Å². The molecular formula is C23H19NO5S2. The maximum absolute atomic E-state index is 12.6. The molecule has 4 rings (SSSR count). The molecule has 0 unspecified atom stereocenters. The first-order valence-corrected chi connectivity index (χ1v) is 10.7. The molecule has 1 saturated heterocycles. The second kappa shape index (κ2) is 9.05. The molecule has 2 heterocycles. The maximum Gasteiger partial charge on any atom is 0.379 e. The number of furan rings is 1. The molecule has 31 heavy (non-hydrogen) atoms. The summed E-state index contributed by atoms with van der Waals surface area (Å²) in [4.78, 5) is 27.2. The Kier molecular flexibility index (Phi) is 6.22. The summed E-state index contributed by atoms with van der Waals surface area (Å²) in [5.41, 5.74) is 2.18. The fourth-order valence-electron chi connectivity index (χ4n) is 3.18. The van der Waals surface area contributed by atoms with Gasteiger partial charge in [0.1, 0.15) is 15.7 Å². The topological polar surface area (TPSA) is 69.0 Å². The molecule has 0 N–H and O–H groups in total. The number of rotatable bonds is 6. The van der Waals surface area contributed by atoms with Gasteiger partial charge in [0, 0.05) is 18.1 Å². The van der Waals surface area contributed by atoms with Crippen LogP contribution in [-0.4, -0.2) is 41.4 Å². The highest BCUT2D eigenvalue weighted by molar-refractivity contribution is 8.26. The van der Waals surface area contributed by atoms with E-state index in [4.69, 9.17) is 26.1 Å². The van der Waals surface area contributed by atoms with Crippen LogP contribution >= 0.6 is 24.0 Å². The van der Waals surface area contributed by atoms with Gasteiger partial charge >= 0.3 is 5.97 Å². The van der Waals surface area contributed by atoms with E-state index < -0.39 is 5.97 Å². The molecule has 2 aromatic carbocycles. The van der Waals surface area contributed by atoms with Crippen molar-refractivity contribution in [3.05, 3.63) is 70.3 Å². The van der Waals surface area contributed by atoms with Crippen molar-refractivity contribution in [2.24, 2.45) is 0 Å². The van der Waals surface area contributed by atoms with Crippen molar-refractivity contribution in [3.63, 3.8) is 0 Å². The number of amides is 1. The van der Waals surface area contributed by atoms with Crippen molar-refractivity contribution < 1.29 is 23.5 Å². The highest BCUT2D eigenvalue weighted by Crippen LogP contribution is 2.32. The molecule has 1 amide bonds. The van der Waals surface area contributed by atoms with Crippen LogP contribution in [0.1, 0.15) is 21.7 Å². The lowest BCUT2D eigenvalue weighted by Gasteiger charge is -2.12. The first-order chi connectivity index (χ1) is 15.0. The number of aryl methyl sites for hydroxylation is 1. The molecule has 1 aliphatic heterocycles. The summed E-state index contributed by atoms with van der Waals surface area (Å²) in [5.74, 6) is -0.122. The third kappa shape index (κ3) is 4.41. The minimum atomic E-state index is -0.555. The number of carbonyl (C=O) groups excluding carboxylic acids is 2. The van der Waals surface area contributed by atoms with Crippen molar-refractivity contribution in [1.29, 1.82) is 0 Å². The van der Waals surface area contributed by atoms with Gasteiger partial charge in [-0.15, -0.1) is 0 Å². The molecule has 0 spiro atoms. The standard InChI is InChI=1S/C23H19NO5S2/c1-14-17-5-3-4-6-18(17)29-20(14)22(26)28-16-9-7-15(8-10-16)13-19-21(25)24(11-12-27-2)23(30)31-19/h3-10,13H,11-12H2,1-2H3/b19-13+. The molecule has 0 aliphatic carbocycles. The lowest BCUT2D eigenvalue weighted by Crippen LogP contribution is -2.31. The second-order valence-electron chi connectivity index (χ2n) is 6.84. The van der Waals surface area contributed by atoms with Crippen molar-refractivity contribution in [1.82, 2.24) is 4.90 Å². The largest absolute Gasteiger partial charge is 0.449 e. The van der Waals surface area contributed by atoms with Crippen LogP contribution in [0.2, 0.25) is 0 Å². The molecule has 1 aliphatic rings. The molecule has 0 bridgehead atoms. The van der Waals surface area contributed by atoms with Gasteiger partial charge in [-0.1, -0.05) is 54.3 Å². The molecule has 0 radical (unpaired) electrons. The van der Waals surface area contributed by atoms with Gasteiger partial charge in [-0.25, -0.2) is 4.79 Å². The van der Waals surface area contributed by atoms with E-state index in [1.54, 1.807) is 37.5 Å².